The van der Waals surface area contributed by atoms with E-state index in [1.54, 1.807) is 0 Å². The molecule has 2 atom stereocenters. The summed E-state index contributed by atoms with van der Waals surface area (Å²) in [6.07, 6.45) is 1.49. The van der Waals surface area contributed by atoms with Crippen molar-refractivity contribution in [1.82, 2.24) is 10.0 Å². The lowest BCUT2D eigenvalue weighted by Crippen LogP contribution is -2.38. The highest BCUT2D eigenvalue weighted by Gasteiger charge is 2.24. The topological polar surface area (TPSA) is 111 Å². The number of carbonyl (C=O) groups is 2. The fourth-order valence-electron chi connectivity index (χ4n) is 2.60. The van der Waals surface area contributed by atoms with Crippen LogP contribution in [0.15, 0.2) is 23.1 Å². The van der Waals surface area contributed by atoms with E-state index in [2.05, 4.69) is 10.0 Å². The summed E-state index contributed by atoms with van der Waals surface area (Å²) in [6.45, 7) is 6.04. The van der Waals surface area contributed by atoms with Gasteiger partial charge in [-0.2, -0.15) is 0 Å². The standard InChI is InChI=1S/C19H27ClN2O6S/c1-12(2)13(3)22-18(23)11-28-19(24)14-6-7-16(20)17(9-14)29(25,26)21-10-15-5-4-8-27-15/h6-7,9,12-13,15,21H,4-5,8,10-11H2,1-3H3,(H,22,23)/t13-,15-/m0/s1. The van der Waals surface area contributed by atoms with Gasteiger partial charge in [0, 0.05) is 19.2 Å². The van der Waals surface area contributed by atoms with Crippen molar-refractivity contribution in [1.29, 1.82) is 0 Å². The highest BCUT2D eigenvalue weighted by molar-refractivity contribution is 7.89. The largest absolute Gasteiger partial charge is 0.452 e. The summed E-state index contributed by atoms with van der Waals surface area (Å²) in [5.74, 6) is -1.01. The molecule has 2 N–H and O–H groups in total. The molecule has 1 fully saturated rings. The van der Waals surface area contributed by atoms with Crippen LogP contribution in [-0.2, 0) is 24.3 Å². The van der Waals surface area contributed by atoms with Gasteiger partial charge in [-0.1, -0.05) is 25.4 Å². The zero-order valence-electron chi connectivity index (χ0n) is 16.7. The first-order chi connectivity index (χ1) is 13.6. The summed E-state index contributed by atoms with van der Waals surface area (Å²) in [5, 5.41) is 2.70. The van der Waals surface area contributed by atoms with Gasteiger partial charge in [-0.25, -0.2) is 17.9 Å². The predicted octanol–water partition coefficient (Wildman–Crippen LogP) is 2.11. The van der Waals surface area contributed by atoms with E-state index in [0.717, 1.165) is 18.9 Å². The third-order valence-corrected chi connectivity index (χ3v) is 6.61. The number of rotatable bonds is 9. The molecule has 162 valence electrons. The number of carbonyl (C=O) groups excluding carboxylic acids is 2. The molecular formula is C19H27ClN2O6S. The first-order valence-electron chi connectivity index (χ1n) is 9.47. The molecule has 1 heterocycles. The molecule has 0 unspecified atom stereocenters. The van der Waals surface area contributed by atoms with Crippen molar-refractivity contribution in [2.75, 3.05) is 19.8 Å². The van der Waals surface area contributed by atoms with Gasteiger partial charge in [-0.15, -0.1) is 0 Å². The summed E-state index contributed by atoms with van der Waals surface area (Å²) in [6, 6.07) is 3.72. The molecule has 1 saturated heterocycles. The zero-order chi connectivity index (χ0) is 21.6. The van der Waals surface area contributed by atoms with Crippen molar-refractivity contribution in [3.8, 4) is 0 Å². The van der Waals surface area contributed by atoms with Crippen LogP contribution in [0.1, 0.15) is 44.0 Å². The van der Waals surface area contributed by atoms with Gasteiger partial charge in [-0.05, 0) is 43.9 Å². The second kappa shape index (κ2) is 10.4. The molecule has 0 bridgehead atoms. The smallest absolute Gasteiger partial charge is 0.338 e. The molecule has 0 aromatic heterocycles. The number of sulfonamides is 1. The van der Waals surface area contributed by atoms with E-state index in [1.807, 2.05) is 20.8 Å². The second-order valence-electron chi connectivity index (χ2n) is 7.31. The van der Waals surface area contributed by atoms with Crippen molar-refractivity contribution in [2.24, 2.45) is 5.92 Å². The van der Waals surface area contributed by atoms with E-state index in [9.17, 15) is 18.0 Å². The molecular weight excluding hydrogens is 420 g/mol. The Morgan fingerprint density at radius 3 is 2.66 bits per heavy atom. The Bertz CT molecular complexity index is 837. The summed E-state index contributed by atoms with van der Waals surface area (Å²) in [7, 11) is -3.94. The molecule has 1 aliphatic heterocycles. The molecule has 1 aliphatic rings. The highest BCUT2D eigenvalue weighted by Crippen LogP contribution is 2.23. The number of hydrogen-bond acceptors (Lipinski definition) is 6. The van der Waals surface area contributed by atoms with E-state index in [4.69, 9.17) is 21.1 Å². The average molecular weight is 447 g/mol. The number of nitrogens with one attached hydrogen (secondary N) is 2. The zero-order valence-corrected chi connectivity index (χ0v) is 18.3. The minimum atomic E-state index is -3.94. The maximum Gasteiger partial charge on any atom is 0.338 e. The lowest BCUT2D eigenvalue weighted by Gasteiger charge is -2.17. The summed E-state index contributed by atoms with van der Waals surface area (Å²) in [4.78, 5) is 23.9. The fraction of sp³-hybridized carbons (Fsp3) is 0.579. The molecule has 10 heteroatoms. The van der Waals surface area contributed by atoms with Gasteiger partial charge in [0.2, 0.25) is 10.0 Å². The Hall–Kier alpha value is -1.68. The van der Waals surface area contributed by atoms with Crippen LogP contribution >= 0.6 is 11.6 Å². The lowest BCUT2D eigenvalue weighted by molar-refractivity contribution is -0.125. The number of halogens is 1. The number of benzene rings is 1. The van der Waals surface area contributed by atoms with Crippen LogP contribution < -0.4 is 10.0 Å². The van der Waals surface area contributed by atoms with E-state index in [-0.39, 0.29) is 40.1 Å². The van der Waals surface area contributed by atoms with Gasteiger partial charge in [0.1, 0.15) is 4.90 Å². The van der Waals surface area contributed by atoms with Crippen LogP contribution in [0.2, 0.25) is 5.02 Å². The Balaban J connectivity index is 2.01. The first kappa shape index (κ1) is 23.6. The van der Waals surface area contributed by atoms with Gasteiger partial charge >= 0.3 is 5.97 Å². The van der Waals surface area contributed by atoms with Crippen LogP contribution in [0.4, 0.5) is 0 Å². The van der Waals surface area contributed by atoms with Gasteiger partial charge in [0.05, 0.1) is 16.7 Å². The van der Waals surface area contributed by atoms with Crippen molar-refractivity contribution in [2.45, 2.75) is 50.7 Å². The molecule has 2 rings (SSSR count). The number of hydrogen-bond donors (Lipinski definition) is 2. The minimum absolute atomic E-state index is 0.0170. The maximum absolute atomic E-state index is 12.6. The molecule has 0 aliphatic carbocycles. The number of esters is 1. The molecule has 0 radical (unpaired) electrons. The third kappa shape index (κ3) is 6.95. The normalized spacial score (nSPS) is 17.9. The van der Waals surface area contributed by atoms with Crippen molar-refractivity contribution >= 4 is 33.5 Å². The molecule has 8 nitrogen and oxygen atoms in total. The Morgan fingerprint density at radius 1 is 1.31 bits per heavy atom. The Morgan fingerprint density at radius 2 is 2.03 bits per heavy atom. The van der Waals surface area contributed by atoms with E-state index >= 15 is 0 Å². The summed E-state index contributed by atoms with van der Waals surface area (Å²) < 4.78 is 38.0. The molecule has 1 amide bonds. The van der Waals surface area contributed by atoms with Crippen LogP contribution in [0, 0.1) is 5.92 Å². The average Bonchev–Trinajstić information content (AvgIpc) is 3.18. The quantitative estimate of drug-likeness (QED) is 0.562. The van der Waals surface area contributed by atoms with E-state index < -0.39 is 28.5 Å². The molecule has 29 heavy (non-hydrogen) atoms. The highest BCUT2D eigenvalue weighted by atomic mass is 35.5. The van der Waals surface area contributed by atoms with Crippen LogP contribution in [0.5, 0.6) is 0 Å². The van der Waals surface area contributed by atoms with Gasteiger partial charge in [0.15, 0.2) is 6.61 Å². The van der Waals surface area contributed by atoms with Crippen LogP contribution in [0.25, 0.3) is 0 Å². The van der Waals surface area contributed by atoms with Crippen LogP contribution in [-0.4, -0.2) is 52.2 Å². The third-order valence-electron chi connectivity index (χ3n) is 4.70. The monoisotopic (exact) mass is 446 g/mol. The maximum atomic E-state index is 12.6. The van der Waals surface area contributed by atoms with Crippen molar-refractivity contribution < 1.29 is 27.5 Å². The van der Waals surface area contributed by atoms with Gasteiger partial charge < -0.3 is 14.8 Å². The molecule has 1 aromatic carbocycles. The van der Waals surface area contributed by atoms with E-state index in [1.165, 1.54) is 12.1 Å². The van der Waals surface area contributed by atoms with Gasteiger partial charge in [0.25, 0.3) is 5.91 Å². The Kier molecular flexibility index (Phi) is 8.45. The Labute approximate surface area is 176 Å². The molecule has 1 aromatic rings. The SMILES string of the molecule is CC(C)[C@H](C)NC(=O)COC(=O)c1ccc(Cl)c(S(=O)(=O)NC[C@@H]2CCCO2)c1. The molecule has 0 spiro atoms. The second-order valence-corrected chi connectivity index (χ2v) is 9.45. The predicted molar refractivity (Wildman–Crippen MR) is 108 cm³/mol. The van der Waals surface area contributed by atoms with Crippen molar-refractivity contribution in [3.05, 3.63) is 28.8 Å². The summed E-state index contributed by atoms with van der Waals surface area (Å²) in [5.41, 5.74) is -0.0170. The van der Waals surface area contributed by atoms with Gasteiger partial charge in [-0.3, -0.25) is 4.79 Å². The van der Waals surface area contributed by atoms with Crippen LogP contribution in [0.3, 0.4) is 0 Å². The lowest BCUT2D eigenvalue weighted by atomic mass is 10.1. The van der Waals surface area contributed by atoms with E-state index in [0.29, 0.717) is 6.61 Å². The first-order valence-corrected chi connectivity index (χ1v) is 11.3. The summed E-state index contributed by atoms with van der Waals surface area (Å²) >= 11 is 6.03. The molecule has 0 saturated carbocycles. The number of amides is 1. The fourth-order valence-corrected chi connectivity index (χ4v) is 4.19. The van der Waals surface area contributed by atoms with Crippen molar-refractivity contribution in [3.63, 3.8) is 0 Å². The number of ether oxygens (including phenoxy) is 2. The minimum Gasteiger partial charge on any atom is -0.452 e.